The average molecular weight is 484 g/mol. The molecule has 36 heavy (non-hydrogen) atoms. The first-order valence-corrected chi connectivity index (χ1v) is 13.4. The van der Waals surface area contributed by atoms with Gasteiger partial charge in [0.05, 0.1) is 0 Å². The van der Waals surface area contributed by atoms with Crippen molar-refractivity contribution in [3.63, 3.8) is 0 Å². The number of nitrogens with zero attached hydrogens (tertiary/aromatic N) is 1. The highest BCUT2D eigenvalue weighted by molar-refractivity contribution is 5.56. The Hall–Kier alpha value is -2.82. The van der Waals surface area contributed by atoms with Gasteiger partial charge in [0.2, 0.25) is 0 Å². The summed E-state index contributed by atoms with van der Waals surface area (Å²) >= 11 is 0. The number of aromatic hydroxyl groups is 1. The Kier molecular flexibility index (Phi) is 6.27. The monoisotopic (exact) mass is 483 g/mol. The van der Waals surface area contributed by atoms with Crippen LogP contribution in [0.2, 0.25) is 0 Å². The zero-order valence-corrected chi connectivity index (χ0v) is 21.5. The number of piperidine rings is 1. The van der Waals surface area contributed by atoms with Gasteiger partial charge in [-0.3, -0.25) is 0 Å². The molecule has 3 aliphatic rings. The van der Waals surface area contributed by atoms with Crippen LogP contribution in [0.15, 0.2) is 66.7 Å². The lowest BCUT2D eigenvalue weighted by Gasteiger charge is -2.44. The zero-order valence-electron chi connectivity index (χ0n) is 21.5. The Morgan fingerprint density at radius 1 is 0.861 bits per heavy atom. The van der Waals surface area contributed by atoms with Crippen LogP contribution in [-0.4, -0.2) is 38.7 Å². The van der Waals surface area contributed by atoms with E-state index in [0.29, 0.717) is 17.6 Å². The van der Waals surface area contributed by atoms with E-state index in [2.05, 4.69) is 59.5 Å². The van der Waals surface area contributed by atoms with Crippen LogP contribution in [0.1, 0.15) is 59.4 Å². The summed E-state index contributed by atoms with van der Waals surface area (Å²) in [5.74, 6) is 1.13. The molecule has 1 aliphatic heterocycles. The van der Waals surface area contributed by atoms with E-state index in [1.807, 2.05) is 12.1 Å². The largest absolute Gasteiger partial charge is 0.508 e. The molecule has 1 fully saturated rings. The number of phenolic OH excluding ortho intramolecular Hbond substituents is 1. The SMILES string of the molecule is COC(OC)C1CCN(c2ccc([C@H]3c4ccc(O)cc4CC[C@@]34CCc3ccccc34)cc2)CC1. The minimum atomic E-state index is -0.106. The summed E-state index contributed by atoms with van der Waals surface area (Å²) < 4.78 is 11.0. The first kappa shape index (κ1) is 23.6. The summed E-state index contributed by atoms with van der Waals surface area (Å²) in [5.41, 5.74) is 8.53. The molecule has 3 aromatic rings. The Morgan fingerprint density at radius 3 is 2.28 bits per heavy atom. The molecule has 0 saturated carbocycles. The first-order valence-electron chi connectivity index (χ1n) is 13.4. The van der Waals surface area contributed by atoms with Crippen LogP contribution in [-0.2, 0) is 27.7 Å². The molecule has 3 aromatic carbocycles. The molecule has 0 radical (unpaired) electrons. The molecule has 0 aromatic heterocycles. The van der Waals surface area contributed by atoms with Crippen LogP contribution in [0.4, 0.5) is 5.69 Å². The van der Waals surface area contributed by atoms with Crippen LogP contribution >= 0.6 is 0 Å². The third kappa shape index (κ3) is 3.91. The highest BCUT2D eigenvalue weighted by Crippen LogP contribution is 2.57. The number of fused-ring (bicyclic) bond motifs is 3. The van der Waals surface area contributed by atoms with Gasteiger partial charge in [-0.15, -0.1) is 0 Å². The Morgan fingerprint density at radius 2 is 1.56 bits per heavy atom. The van der Waals surface area contributed by atoms with Crippen molar-refractivity contribution in [2.45, 2.75) is 56.1 Å². The molecular weight excluding hydrogens is 446 g/mol. The predicted octanol–water partition coefficient (Wildman–Crippen LogP) is 6.19. The molecule has 4 heteroatoms. The van der Waals surface area contributed by atoms with Gasteiger partial charge in [-0.1, -0.05) is 42.5 Å². The third-order valence-electron chi connectivity index (χ3n) is 9.21. The second kappa shape index (κ2) is 9.57. The van der Waals surface area contributed by atoms with Crippen molar-refractivity contribution >= 4 is 5.69 Å². The van der Waals surface area contributed by atoms with Crippen molar-refractivity contribution in [2.24, 2.45) is 5.92 Å². The Balaban J connectivity index is 1.32. The number of methoxy groups -OCH3 is 2. The Labute approximate surface area is 214 Å². The second-order valence-electron chi connectivity index (χ2n) is 10.9. The maximum absolute atomic E-state index is 10.2. The van der Waals surface area contributed by atoms with Crippen LogP contribution < -0.4 is 4.90 Å². The van der Waals surface area contributed by atoms with E-state index >= 15 is 0 Å². The molecule has 0 amide bonds. The van der Waals surface area contributed by atoms with Gasteiger partial charge in [0.1, 0.15) is 5.75 Å². The van der Waals surface area contributed by atoms with Crippen molar-refractivity contribution in [2.75, 3.05) is 32.2 Å². The summed E-state index contributed by atoms with van der Waals surface area (Å²) in [7, 11) is 3.47. The number of aryl methyl sites for hydroxylation is 2. The normalized spacial score (nSPS) is 23.8. The number of anilines is 1. The average Bonchev–Trinajstić information content (AvgIpc) is 3.29. The molecule has 1 saturated heterocycles. The number of benzene rings is 3. The van der Waals surface area contributed by atoms with Gasteiger partial charge < -0.3 is 19.5 Å². The van der Waals surface area contributed by atoms with Gasteiger partial charge in [0.25, 0.3) is 0 Å². The fraction of sp³-hybridized carbons (Fsp3) is 0.438. The van der Waals surface area contributed by atoms with Gasteiger partial charge in [-0.05, 0) is 90.6 Å². The van der Waals surface area contributed by atoms with Crippen molar-refractivity contribution in [3.8, 4) is 5.75 Å². The van der Waals surface area contributed by atoms with Crippen LogP contribution in [0.3, 0.4) is 0 Å². The maximum Gasteiger partial charge on any atom is 0.159 e. The molecule has 1 spiro atoms. The third-order valence-corrected chi connectivity index (χ3v) is 9.21. The fourth-order valence-electron chi connectivity index (χ4n) is 7.45. The summed E-state index contributed by atoms with van der Waals surface area (Å²) in [6.07, 6.45) is 6.53. The molecule has 6 rings (SSSR count). The second-order valence-corrected chi connectivity index (χ2v) is 10.9. The van der Waals surface area contributed by atoms with E-state index in [1.165, 1.54) is 39.9 Å². The van der Waals surface area contributed by atoms with E-state index in [4.69, 9.17) is 9.47 Å². The van der Waals surface area contributed by atoms with Crippen molar-refractivity contribution < 1.29 is 14.6 Å². The van der Waals surface area contributed by atoms with Crippen molar-refractivity contribution in [1.29, 1.82) is 0 Å². The molecule has 0 unspecified atom stereocenters. The molecule has 2 atom stereocenters. The number of hydrogen-bond acceptors (Lipinski definition) is 4. The minimum Gasteiger partial charge on any atom is -0.508 e. The fourth-order valence-corrected chi connectivity index (χ4v) is 7.45. The van der Waals surface area contributed by atoms with Crippen LogP contribution in [0, 0.1) is 5.92 Å². The number of ether oxygens (including phenoxy) is 2. The van der Waals surface area contributed by atoms with Crippen molar-refractivity contribution in [1.82, 2.24) is 0 Å². The van der Waals surface area contributed by atoms with Gasteiger partial charge in [0.15, 0.2) is 6.29 Å². The Bertz CT molecular complexity index is 1210. The lowest BCUT2D eigenvalue weighted by atomic mass is 9.59. The number of rotatable bonds is 5. The molecule has 188 valence electrons. The topological polar surface area (TPSA) is 41.9 Å². The number of hydrogen-bond donors (Lipinski definition) is 1. The summed E-state index contributed by atoms with van der Waals surface area (Å²) in [4.78, 5) is 2.50. The van der Waals surface area contributed by atoms with Gasteiger partial charge in [0, 0.05) is 50.2 Å². The summed E-state index contributed by atoms with van der Waals surface area (Å²) in [5, 5.41) is 10.2. The molecule has 2 aliphatic carbocycles. The van der Waals surface area contributed by atoms with E-state index in [9.17, 15) is 5.11 Å². The summed E-state index contributed by atoms with van der Waals surface area (Å²) in [6, 6.07) is 24.5. The van der Waals surface area contributed by atoms with E-state index in [0.717, 1.165) is 45.2 Å². The number of phenols is 1. The lowest BCUT2D eigenvalue weighted by Crippen LogP contribution is -2.39. The van der Waals surface area contributed by atoms with Gasteiger partial charge in [-0.25, -0.2) is 0 Å². The summed E-state index contributed by atoms with van der Waals surface area (Å²) in [6.45, 7) is 2.05. The lowest BCUT2D eigenvalue weighted by molar-refractivity contribution is -0.141. The maximum atomic E-state index is 10.2. The quantitative estimate of drug-likeness (QED) is 0.440. The molecule has 0 bridgehead atoms. The first-order chi connectivity index (χ1) is 17.6. The van der Waals surface area contributed by atoms with E-state index in [1.54, 1.807) is 14.2 Å². The van der Waals surface area contributed by atoms with E-state index < -0.39 is 0 Å². The van der Waals surface area contributed by atoms with Gasteiger partial charge in [-0.2, -0.15) is 0 Å². The molecular formula is C32H37NO3. The van der Waals surface area contributed by atoms with E-state index in [-0.39, 0.29) is 11.7 Å². The smallest absolute Gasteiger partial charge is 0.159 e. The molecule has 1 heterocycles. The molecule has 4 nitrogen and oxygen atoms in total. The minimum absolute atomic E-state index is 0.106. The van der Waals surface area contributed by atoms with Crippen LogP contribution in [0.25, 0.3) is 0 Å². The standard InChI is InChI=1S/C32H37NO3/c1-35-31(36-2)24-15-19-33(20-16-24)26-9-7-23(8-10-26)30-28-12-11-27(34)21-25(28)14-18-32(30)17-13-22-5-3-4-6-29(22)32/h3-12,21,24,30-31,34H,13-20H2,1-2H3/t30-,32+/m0/s1. The highest BCUT2D eigenvalue weighted by Gasteiger charge is 2.48. The molecule has 1 N–H and O–H groups in total. The van der Waals surface area contributed by atoms with Crippen molar-refractivity contribution in [3.05, 3.63) is 94.5 Å². The zero-order chi connectivity index (χ0) is 24.7. The predicted molar refractivity (Wildman–Crippen MR) is 144 cm³/mol. The van der Waals surface area contributed by atoms with Crippen LogP contribution in [0.5, 0.6) is 5.75 Å². The highest BCUT2D eigenvalue weighted by atomic mass is 16.7. The van der Waals surface area contributed by atoms with Gasteiger partial charge >= 0.3 is 0 Å².